The smallest absolute Gasteiger partial charge is 0.267 e. The number of ketones is 1. The minimum atomic E-state index is -0.561. The number of hydrogen-bond acceptors (Lipinski definition) is 5. The quantitative estimate of drug-likeness (QED) is 0.776. The molecule has 0 aliphatic carbocycles. The van der Waals surface area contributed by atoms with E-state index < -0.39 is 6.10 Å². The molecule has 1 atom stereocenters. The number of hydrogen-bond donors (Lipinski definition) is 1. The molecule has 2 amide bonds. The van der Waals surface area contributed by atoms with Gasteiger partial charge in [-0.1, -0.05) is 12.1 Å². The van der Waals surface area contributed by atoms with Crippen molar-refractivity contribution < 1.29 is 23.9 Å². The maximum Gasteiger partial charge on any atom is 0.267 e. The molecule has 0 aromatic heterocycles. The Kier molecular flexibility index (Phi) is 5.75. The third-order valence-corrected chi connectivity index (χ3v) is 4.39. The maximum absolute atomic E-state index is 12.4. The van der Waals surface area contributed by atoms with E-state index in [0.29, 0.717) is 22.7 Å². The number of anilines is 2. The molecule has 1 N–H and O–H groups in total. The fourth-order valence-corrected chi connectivity index (χ4v) is 2.92. The highest BCUT2D eigenvalue weighted by Crippen LogP contribution is 2.34. The summed E-state index contributed by atoms with van der Waals surface area (Å²) >= 11 is 0. The number of amides is 2. The Bertz CT molecular complexity index is 925. The fraction of sp³-hybridized carbons (Fsp3) is 0.286. The van der Waals surface area contributed by atoms with Crippen LogP contribution in [0.15, 0.2) is 42.5 Å². The average molecular weight is 382 g/mol. The van der Waals surface area contributed by atoms with Gasteiger partial charge < -0.3 is 19.7 Å². The van der Waals surface area contributed by atoms with Gasteiger partial charge in [0.15, 0.2) is 11.9 Å². The van der Waals surface area contributed by atoms with Crippen LogP contribution in [-0.4, -0.2) is 44.0 Å². The number of ether oxygens (including phenoxy) is 2. The van der Waals surface area contributed by atoms with E-state index in [4.69, 9.17) is 9.47 Å². The summed E-state index contributed by atoms with van der Waals surface area (Å²) in [5.74, 6) is -0.257. The molecule has 2 aromatic rings. The lowest BCUT2D eigenvalue weighted by Gasteiger charge is -2.30. The van der Waals surface area contributed by atoms with Gasteiger partial charge in [-0.15, -0.1) is 0 Å². The van der Waals surface area contributed by atoms with Crippen molar-refractivity contribution in [1.29, 1.82) is 0 Å². The average Bonchev–Trinajstić information content (AvgIpc) is 2.66. The summed E-state index contributed by atoms with van der Waals surface area (Å²) < 4.78 is 10.8. The first kappa shape index (κ1) is 19.6. The fourth-order valence-electron chi connectivity index (χ4n) is 2.92. The van der Waals surface area contributed by atoms with E-state index in [1.165, 1.54) is 4.90 Å². The van der Waals surface area contributed by atoms with Crippen molar-refractivity contribution in [3.63, 3.8) is 0 Å². The normalized spacial score (nSPS) is 15.6. The SMILES string of the molecule is Cc1cccc(NC(=O)COCC(=O)c2ccc3c(c2)N(C)C(=O)C(C)O3)c1. The second-order valence-electron chi connectivity index (χ2n) is 6.67. The summed E-state index contributed by atoms with van der Waals surface area (Å²) in [5.41, 5.74) is 2.63. The highest BCUT2D eigenvalue weighted by Gasteiger charge is 2.29. The number of aryl methyl sites for hydroxylation is 1. The summed E-state index contributed by atoms with van der Waals surface area (Å²) in [6.45, 7) is 3.13. The molecule has 0 fully saturated rings. The number of carbonyl (C=O) groups is 3. The molecule has 28 heavy (non-hydrogen) atoms. The molecule has 0 spiro atoms. The monoisotopic (exact) mass is 382 g/mol. The summed E-state index contributed by atoms with van der Waals surface area (Å²) in [7, 11) is 1.64. The summed E-state index contributed by atoms with van der Waals surface area (Å²) in [6, 6.07) is 12.3. The molecule has 3 rings (SSSR count). The van der Waals surface area contributed by atoms with Crippen molar-refractivity contribution in [2.75, 3.05) is 30.5 Å². The van der Waals surface area contributed by atoms with E-state index >= 15 is 0 Å². The largest absolute Gasteiger partial charge is 0.479 e. The van der Waals surface area contributed by atoms with Gasteiger partial charge in [0, 0.05) is 18.3 Å². The van der Waals surface area contributed by atoms with Gasteiger partial charge in [-0.2, -0.15) is 0 Å². The molecule has 0 saturated carbocycles. The second-order valence-corrected chi connectivity index (χ2v) is 6.67. The number of rotatable bonds is 6. The molecule has 1 aliphatic rings. The molecule has 0 bridgehead atoms. The number of benzene rings is 2. The molecule has 0 saturated heterocycles. The molecule has 7 heteroatoms. The van der Waals surface area contributed by atoms with E-state index in [1.807, 2.05) is 25.1 Å². The van der Waals surface area contributed by atoms with Gasteiger partial charge in [-0.25, -0.2) is 0 Å². The molecule has 1 unspecified atom stereocenters. The van der Waals surface area contributed by atoms with Gasteiger partial charge in [0.05, 0.1) is 5.69 Å². The van der Waals surface area contributed by atoms with Crippen molar-refractivity contribution in [1.82, 2.24) is 0 Å². The van der Waals surface area contributed by atoms with Gasteiger partial charge >= 0.3 is 0 Å². The van der Waals surface area contributed by atoms with Crippen molar-refractivity contribution in [3.8, 4) is 5.75 Å². The molecular weight excluding hydrogens is 360 g/mol. The first-order chi connectivity index (χ1) is 13.3. The maximum atomic E-state index is 12.4. The number of fused-ring (bicyclic) bond motifs is 1. The van der Waals surface area contributed by atoms with Crippen molar-refractivity contribution >= 4 is 29.0 Å². The van der Waals surface area contributed by atoms with Gasteiger partial charge in [0.1, 0.15) is 19.0 Å². The van der Waals surface area contributed by atoms with Crippen LogP contribution in [0.5, 0.6) is 5.75 Å². The molecule has 146 valence electrons. The van der Waals surface area contributed by atoms with Crippen molar-refractivity contribution in [2.45, 2.75) is 20.0 Å². The predicted octanol–water partition coefficient (Wildman–Crippen LogP) is 2.58. The number of nitrogens with zero attached hydrogens (tertiary/aromatic N) is 1. The molecule has 1 aliphatic heterocycles. The second kappa shape index (κ2) is 8.22. The zero-order valence-corrected chi connectivity index (χ0v) is 16.0. The minimum absolute atomic E-state index is 0.179. The first-order valence-electron chi connectivity index (χ1n) is 8.91. The minimum Gasteiger partial charge on any atom is -0.479 e. The van der Waals surface area contributed by atoms with E-state index in [1.54, 1.807) is 38.2 Å². The third kappa shape index (κ3) is 4.37. The standard InChI is InChI=1S/C21H22N2O5/c1-13-5-4-6-16(9-13)22-20(25)12-27-11-18(24)15-7-8-19-17(10-15)23(3)21(26)14(2)28-19/h4-10,14H,11-12H2,1-3H3,(H,22,25). The first-order valence-corrected chi connectivity index (χ1v) is 8.91. The number of Topliss-reactive ketones (excluding diaryl/α,β-unsaturated/α-hetero) is 1. The third-order valence-electron chi connectivity index (χ3n) is 4.39. The van der Waals surface area contributed by atoms with Crippen LogP contribution in [0, 0.1) is 6.92 Å². The zero-order valence-electron chi connectivity index (χ0n) is 16.0. The van der Waals surface area contributed by atoms with Gasteiger partial charge in [-0.3, -0.25) is 14.4 Å². The number of carbonyl (C=O) groups excluding carboxylic acids is 3. The highest BCUT2D eigenvalue weighted by atomic mass is 16.5. The van der Waals surface area contributed by atoms with Gasteiger partial charge in [0.2, 0.25) is 5.91 Å². The molecule has 1 heterocycles. The Hall–Kier alpha value is -3.19. The lowest BCUT2D eigenvalue weighted by Crippen LogP contribution is -2.42. The highest BCUT2D eigenvalue weighted by molar-refractivity contribution is 6.03. The number of nitrogens with one attached hydrogen (secondary N) is 1. The molecule has 7 nitrogen and oxygen atoms in total. The van der Waals surface area contributed by atoms with E-state index in [2.05, 4.69) is 5.32 Å². The Morgan fingerprint density at radius 2 is 1.96 bits per heavy atom. The van der Waals surface area contributed by atoms with Crippen LogP contribution in [0.4, 0.5) is 11.4 Å². The van der Waals surface area contributed by atoms with Gasteiger partial charge in [-0.05, 0) is 49.7 Å². The van der Waals surface area contributed by atoms with Gasteiger partial charge in [0.25, 0.3) is 5.91 Å². The Morgan fingerprint density at radius 3 is 2.71 bits per heavy atom. The summed E-state index contributed by atoms with van der Waals surface area (Å²) in [5, 5.41) is 2.72. The van der Waals surface area contributed by atoms with E-state index in [-0.39, 0.29) is 30.8 Å². The predicted molar refractivity (Wildman–Crippen MR) is 105 cm³/mol. The van der Waals surface area contributed by atoms with Crippen LogP contribution in [0.2, 0.25) is 0 Å². The van der Waals surface area contributed by atoms with Crippen molar-refractivity contribution in [3.05, 3.63) is 53.6 Å². The Balaban J connectivity index is 1.55. The van der Waals surface area contributed by atoms with E-state index in [9.17, 15) is 14.4 Å². The zero-order chi connectivity index (χ0) is 20.3. The van der Waals surface area contributed by atoms with Crippen LogP contribution < -0.4 is 15.0 Å². The lowest BCUT2D eigenvalue weighted by molar-refractivity contribution is -0.125. The van der Waals surface area contributed by atoms with Crippen LogP contribution in [0.3, 0.4) is 0 Å². The molecule has 2 aromatic carbocycles. The molecule has 0 radical (unpaired) electrons. The summed E-state index contributed by atoms with van der Waals surface area (Å²) in [4.78, 5) is 37.8. The van der Waals surface area contributed by atoms with Crippen LogP contribution in [-0.2, 0) is 14.3 Å². The number of likely N-dealkylation sites (N-methyl/N-ethyl adjacent to an activating group) is 1. The Labute approximate surface area is 163 Å². The Morgan fingerprint density at radius 1 is 1.18 bits per heavy atom. The summed E-state index contributed by atoms with van der Waals surface area (Å²) in [6.07, 6.45) is -0.561. The van der Waals surface area contributed by atoms with E-state index in [0.717, 1.165) is 5.56 Å². The topological polar surface area (TPSA) is 84.9 Å². The van der Waals surface area contributed by atoms with Crippen LogP contribution in [0.25, 0.3) is 0 Å². The van der Waals surface area contributed by atoms with Crippen LogP contribution >= 0.6 is 0 Å². The van der Waals surface area contributed by atoms with Crippen LogP contribution in [0.1, 0.15) is 22.8 Å². The van der Waals surface area contributed by atoms with Crippen molar-refractivity contribution in [2.24, 2.45) is 0 Å². The lowest BCUT2D eigenvalue weighted by atomic mass is 10.1. The molecular formula is C21H22N2O5.